The number of fused-ring (bicyclic) bond motifs is 3. The van der Waals surface area contributed by atoms with Crippen molar-refractivity contribution >= 4 is 39.1 Å². The van der Waals surface area contributed by atoms with Gasteiger partial charge in [0.2, 0.25) is 5.91 Å². The van der Waals surface area contributed by atoms with Gasteiger partial charge in [-0.1, -0.05) is 6.07 Å². The smallest absolute Gasteiger partial charge is 0.337 e. The number of nitrogens with one attached hydrogen (secondary N) is 1. The van der Waals surface area contributed by atoms with Crippen molar-refractivity contribution in [1.82, 2.24) is 9.55 Å². The number of carbonyl (C=O) groups excluding carboxylic acids is 2. The molecule has 144 valence electrons. The molecular weight excluding hydrogens is 378 g/mol. The molecule has 0 aliphatic heterocycles. The van der Waals surface area contributed by atoms with E-state index >= 15 is 0 Å². The van der Waals surface area contributed by atoms with E-state index < -0.39 is 5.97 Å². The summed E-state index contributed by atoms with van der Waals surface area (Å²) in [5, 5.41) is 3.42. The standard InChI is InChI=1S/C20H19N3O4S/c1-11-6-7-12(20(26)27-2)8-14(11)22-16(24)9-23-10-21-18-17(19(23)25)13-4-3-5-15(13)28-18/h6-8,10H,3-5,9H2,1-2H3,(H,22,24). The van der Waals surface area contributed by atoms with Crippen molar-refractivity contribution in [2.45, 2.75) is 32.7 Å². The number of amides is 1. The summed E-state index contributed by atoms with van der Waals surface area (Å²) in [4.78, 5) is 43.5. The van der Waals surface area contributed by atoms with Crippen LogP contribution in [0.2, 0.25) is 0 Å². The van der Waals surface area contributed by atoms with E-state index in [0.29, 0.717) is 16.6 Å². The molecule has 0 saturated carbocycles. The maximum atomic E-state index is 12.9. The number of esters is 1. The molecule has 0 saturated heterocycles. The summed E-state index contributed by atoms with van der Waals surface area (Å²) in [6, 6.07) is 4.93. The zero-order valence-corrected chi connectivity index (χ0v) is 16.4. The van der Waals surface area contributed by atoms with Crippen molar-refractivity contribution < 1.29 is 14.3 Å². The number of carbonyl (C=O) groups is 2. The molecule has 8 heteroatoms. The molecule has 0 unspecified atom stereocenters. The molecule has 0 atom stereocenters. The second-order valence-electron chi connectivity index (χ2n) is 6.78. The number of hydrogen-bond acceptors (Lipinski definition) is 6. The van der Waals surface area contributed by atoms with Gasteiger partial charge in [-0.15, -0.1) is 11.3 Å². The minimum Gasteiger partial charge on any atom is -0.465 e. The van der Waals surface area contributed by atoms with Crippen molar-refractivity contribution in [2.24, 2.45) is 0 Å². The van der Waals surface area contributed by atoms with Gasteiger partial charge in [0.1, 0.15) is 11.4 Å². The number of thiophene rings is 1. The lowest BCUT2D eigenvalue weighted by molar-refractivity contribution is -0.116. The van der Waals surface area contributed by atoms with E-state index in [1.54, 1.807) is 29.5 Å². The lowest BCUT2D eigenvalue weighted by Gasteiger charge is -2.11. The van der Waals surface area contributed by atoms with E-state index in [2.05, 4.69) is 10.3 Å². The Kier molecular flexibility index (Phi) is 4.72. The molecule has 1 amide bonds. The Hall–Kier alpha value is -3.00. The van der Waals surface area contributed by atoms with Crippen LogP contribution in [0.4, 0.5) is 5.69 Å². The predicted molar refractivity (Wildman–Crippen MR) is 107 cm³/mol. The molecule has 0 fully saturated rings. The van der Waals surface area contributed by atoms with E-state index in [1.165, 1.54) is 22.9 Å². The van der Waals surface area contributed by atoms with Gasteiger partial charge >= 0.3 is 5.97 Å². The zero-order chi connectivity index (χ0) is 19.8. The molecule has 1 aliphatic rings. The van der Waals surface area contributed by atoms with Crippen LogP contribution in [0, 0.1) is 6.92 Å². The Labute approximate surface area is 165 Å². The summed E-state index contributed by atoms with van der Waals surface area (Å²) < 4.78 is 6.05. The molecule has 7 nitrogen and oxygen atoms in total. The highest BCUT2D eigenvalue weighted by Gasteiger charge is 2.21. The number of methoxy groups -OCH3 is 1. The summed E-state index contributed by atoms with van der Waals surface area (Å²) in [6.07, 6.45) is 4.36. The average molecular weight is 397 g/mol. The quantitative estimate of drug-likeness (QED) is 0.684. The van der Waals surface area contributed by atoms with Gasteiger partial charge in [0.05, 0.1) is 24.4 Å². The average Bonchev–Trinajstić information content (AvgIpc) is 3.26. The van der Waals surface area contributed by atoms with Crippen LogP contribution in [0.1, 0.15) is 32.8 Å². The first kappa shape index (κ1) is 18.4. The Morgan fingerprint density at radius 2 is 2.14 bits per heavy atom. The minimum absolute atomic E-state index is 0.145. The van der Waals surface area contributed by atoms with E-state index in [9.17, 15) is 14.4 Å². The van der Waals surface area contributed by atoms with Gasteiger partial charge in [-0.3, -0.25) is 14.2 Å². The number of anilines is 1. The van der Waals surface area contributed by atoms with Crippen molar-refractivity contribution in [2.75, 3.05) is 12.4 Å². The molecule has 1 N–H and O–H groups in total. The summed E-state index contributed by atoms with van der Waals surface area (Å²) in [5.74, 6) is -0.840. The Balaban J connectivity index is 1.59. The second kappa shape index (κ2) is 7.20. The molecule has 2 aromatic heterocycles. The van der Waals surface area contributed by atoms with Gasteiger partial charge in [-0.05, 0) is 49.4 Å². The Bertz CT molecular complexity index is 1160. The van der Waals surface area contributed by atoms with Gasteiger partial charge in [-0.2, -0.15) is 0 Å². The van der Waals surface area contributed by atoms with Crippen molar-refractivity contribution in [3.63, 3.8) is 0 Å². The number of nitrogens with zero attached hydrogens (tertiary/aromatic N) is 2. The van der Waals surface area contributed by atoms with Crippen LogP contribution in [0.3, 0.4) is 0 Å². The summed E-state index contributed by atoms with van der Waals surface area (Å²) >= 11 is 1.57. The first-order valence-electron chi connectivity index (χ1n) is 8.96. The van der Waals surface area contributed by atoms with Crippen molar-refractivity contribution in [3.05, 3.63) is 56.4 Å². The van der Waals surface area contributed by atoms with Crippen LogP contribution in [0.25, 0.3) is 10.2 Å². The monoisotopic (exact) mass is 397 g/mol. The van der Waals surface area contributed by atoms with Gasteiger partial charge in [0.15, 0.2) is 0 Å². The van der Waals surface area contributed by atoms with Gasteiger partial charge in [0, 0.05) is 10.6 Å². The highest BCUT2D eigenvalue weighted by Crippen LogP contribution is 2.34. The molecule has 3 aromatic rings. The molecule has 4 rings (SSSR count). The Morgan fingerprint density at radius 1 is 1.32 bits per heavy atom. The minimum atomic E-state index is -0.479. The zero-order valence-electron chi connectivity index (χ0n) is 15.6. The van der Waals surface area contributed by atoms with Gasteiger partial charge in [-0.25, -0.2) is 9.78 Å². The highest BCUT2D eigenvalue weighted by molar-refractivity contribution is 7.18. The van der Waals surface area contributed by atoms with Crippen LogP contribution < -0.4 is 10.9 Å². The largest absolute Gasteiger partial charge is 0.465 e. The first-order valence-corrected chi connectivity index (χ1v) is 9.78. The molecule has 0 radical (unpaired) electrons. The van der Waals surface area contributed by atoms with Crippen LogP contribution in [0.5, 0.6) is 0 Å². The molecule has 0 spiro atoms. The van der Waals surface area contributed by atoms with Crippen LogP contribution in [0.15, 0.2) is 29.3 Å². The summed E-state index contributed by atoms with van der Waals surface area (Å²) in [5.41, 5.74) is 2.56. The number of benzene rings is 1. The van der Waals surface area contributed by atoms with Crippen LogP contribution in [-0.2, 0) is 28.9 Å². The van der Waals surface area contributed by atoms with Crippen LogP contribution in [-0.4, -0.2) is 28.5 Å². The number of aryl methyl sites for hydroxylation is 3. The lowest BCUT2D eigenvalue weighted by atomic mass is 10.1. The van der Waals surface area contributed by atoms with Crippen molar-refractivity contribution in [3.8, 4) is 0 Å². The normalized spacial score (nSPS) is 12.8. The molecule has 28 heavy (non-hydrogen) atoms. The van der Waals surface area contributed by atoms with E-state index in [1.807, 2.05) is 6.92 Å². The number of aromatic nitrogens is 2. The summed E-state index contributed by atoms with van der Waals surface area (Å²) in [6.45, 7) is 1.68. The molecular formula is C20H19N3O4S. The molecule has 0 bridgehead atoms. The number of rotatable bonds is 4. The second-order valence-corrected chi connectivity index (χ2v) is 7.87. The number of ether oxygens (including phenoxy) is 1. The third-order valence-corrected chi connectivity index (χ3v) is 6.14. The molecule has 1 aromatic carbocycles. The summed E-state index contributed by atoms with van der Waals surface area (Å²) in [7, 11) is 1.30. The molecule has 1 aliphatic carbocycles. The van der Waals surface area contributed by atoms with Crippen molar-refractivity contribution in [1.29, 1.82) is 0 Å². The SMILES string of the molecule is COC(=O)c1ccc(C)c(NC(=O)Cn2cnc3sc4c(c3c2=O)CCC4)c1. The van der Waals surface area contributed by atoms with E-state index in [4.69, 9.17) is 4.74 Å². The third-order valence-electron chi connectivity index (χ3n) is 4.94. The maximum absolute atomic E-state index is 12.9. The molecule has 2 heterocycles. The Morgan fingerprint density at radius 3 is 2.93 bits per heavy atom. The highest BCUT2D eigenvalue weighted by atomic mass is 32.1. The van der Waals surface area contributed by atoms with E-state index in [-0.39, 0.29) is 18.0 Å². The fraction of sp³-hybridized carbons (Fsp3) is 0.300. The topological polar surface area (TPSA) is 90.3 Å². The van der Waals surface area contributed by atoms with Gasteiger partial charge in [0.25, 0.3) is 5.56 Å². The fourth-order valence-electron chi connectivity index (χ4n) is 3.48. The lowest BCUT2D eigenvalue weighted by Crippen LogP contribution is -2.28. The van der Waals surface area contributed by atoms with Gasteiger partial charge < -0.3 is 10.1 Å². The predicted octanol–water partition coefficient (Wildman–Crippen LogP) is 2.68. The maximum Gasteiger partial charge on any atom is 0.337 e. The number of hydrogen-bond donors (Lipinski definition) is 1. The third kappa shape index (κ3) is 3.20. The van der Waals surface area contributed by atoms with E-state index in [0.717, 1.165) is 35.2 Å². The van der Waals surface area contributed by atoms with Crippen LogP contribution >= 0.6 is 11.3 Å². The fourth-order valence-corrected chi connectivity index (χ4v) is 4.70. The first-order chi connectivity index (χ1) is 13.5.